The molecule has 2 N–H and O–H groups in total. The van der Waals surface area contributed by atoms with Crippen LogP contribution < -0.4 is 10.6 Å². The highest BCUT2D eigenvalue weighted by Crippen LogP contribution is 2.31. The van der Waals surface area contributed by atoms with Gasteiger partial charge in [0, 0.05) is 28.9 Å². The lowest BCUT2D eigenvalue weighted by molar-refractivity contribution is -0.113. The Hall–Kier alpha value is -2.21. The van der Waals surface area contributed by atoms with Crippen LogP contribution in [-0.4, -0.2) is 22.1 Å². The van der Waals surface area contributed by atoms with Crippen molar-refractivity contribution < 1.29 is 9.59 Å². The zero-order chi connectivity index (χ0) is 15.7. The van der Waals surface area contributed by atoms with Gasteiger partial charge >= 0.3 is 0 Å². The summed E-state index contributed by atoms with van der Waals surface area (Å²) in [6, 6.07) is 9.41. The first kappa shape index (κ1) is 14.7. The first-order chi connectivity index (χ1) is 10.5. The molecule has 2 amide bonds. The number of hydrogen-bond acceptors (Lipinski definition) is 3. The van der Waals surface area contributed by atoms with Gasteiger partial charge in [-0.1, -0.05) is 0 Å². The van der Waals surface area contributed by atoms with Crippen molar-refractivity contribution in [1.82, 2.24) is 9.88 Å². The van der Waals surface area contributed by atoms with Gasteiger partial charge in [0.15, 0.2) is 0 Å². The third-order valence-electron chi connectivity index (χ3n) is 3.78. The van der Waals surface area contributed by atoms with Crippen LogP contribution in [0.4, 0.5) is 5.69 Å². The van der Waals surface area contributed by atoms with E-state index in [0.29, 0.717) is 23.5 Å². The van der Waals surface area contributed by atoms with Crippen molar-refractivity contribution in [3.8, 4) is 0 Å². The molecule has 2 heterocycles. The second kappa shape index (κ2) is 5.88. The Morgan fingerprint density at radius 2 is 2.18 bits per heavy atom. The number of thioether (sulfide) groups is 1. The highest BCUT2D eigenvalue weighted by atomic mass is 32.2. The second-order valence-electron chi connectivity index (χ2n) is 5.26. The summed E-state index contributed by atoms with van der Waals surface area (Å²) in [5.74, 6) is 0.242. The van der Waals surface area contributed by atoms with E-state index < -0.39 is 0 Å². The normalized spacial score (nSPS) is 13.5. The summed E-state index contributed by atoms with van der Waals surface area (Å²) in [6.45, 7) is 2.50. The average Bonchev–Trinajstić information content (AvgIpc) is 2.83. The fourth-order valence-corrected chi connectivity index (χ4v) is 3.13. The number of aromatic nitrogens is 1. The number of benzene rings is 1. The quantitative estimate of drug-likeness (QED) is 0.913. The monoisotopic (exact) mass is 315 g/mol. The van der Waals surface area contributed by atoms with Crippen molar-refractivity contribution in [2.45, 2.75) is 18.4 Å². The molecule has 1 aliphatic rings. The molecule has 0 unspecified atom stereocenters. The highest BCUT2D eigenvalue weighted by Gasteiger charge is 2.17. The number of hydrogen-bond donors (Lipinski definition) is 2. The van der Waals surface area contributed by atoms with E-state index in [1.165, 1.54) is 11.8 Å². The van der Waals surface area contributed by atoms with Gasteiger partial charge < -0.3 is 15.2 Å². The van der Waals surface area contributed by atoms with Crippen LogP contribution in [0.3, 0.4) is 0 Å². The summed E-state index contributed by atoms with van der Waals surface area (Å²) in [4.78, 5) is 24.7. The third-order valence-corrected chi connectivity index (χ3v) is 4.85. The Labute approximate surface area is 133 Å². The second-order valence-corrected chi connectivity index (χ2v) is 6.27. The van der Waals surface area contributed by atoms with Gasteiger partial charge in [-0.3, -0.25) is 9.59 Å². The molecule has 0 fully saturated rings. The van der Waals surface area contributed by atoms with Gasteiger partial charge in [0.1, 0.15) is 0 Å². The van der Waals surface area contributed by atoms with E-state index in [1.54, 1.807) is 12.1 Å². The Morgan fingerprint density at radius 1 is 1.36 bits per heavy atom. The minimum absolute atomic E-state index is 0.0330. The zero-order valence-electron chi connectivity index (χ0n) is 12.5. The molecule has 3 rings (SSSR count). The lowest BCUT2D eigenvalue weighted by Crippen LogP contribution is -2.25. The maximum Gasteiger partial charge on any atom is 0.251 e. The molecule has 5 nitrogen and oxygen atoms in total. The van der Waals surface area contributed by atoms with Crippen LogP contribution in [0.2, 0.25) is 0 Å². The topological polar surface area (TPSA) is 63.1 Å². The molecule has 0 aliphatic carbocycles. The Balaban J connectivity index is 1.71. The minimum Gasteiger partial charge on any atom is -0.350 e. The van der Waals surface area contributed by atoms with Crippen LogP contribution in [-0.2, 0) is 18.4 Å². The predicted octanol–water partition coefficient (Wildman–Crippen LogP) is 2.31. The molecule has 114 valence electrons. The zero-order valence-corrected chi connectivity index (χ0v) is 13.3. The highest BCUT2D eigenvalue weighted by molar-refractivity contribution is 8.00. The summed E-state index contributed by atoms with van der Waals surface area (Å²) < 4.78 is 2.05. The van der Waals surface area contributed by atoms with E-state index in [-0.39, 0.29) is 11.8 Å². The first-order valence-electron chi connectivity index (χ1n) is 7.00. The maximum atomic E-state index is 12.3. The fourth-order valence-electron chi connectivity index (χ4n) is 2.34. The molecule has 1 aromatic heterocycles. The van der Waals surface area contributed by atoms with E-state index in [0.717, 1.165) is 16.3 Å². The van der Waals surface area contributed by atoms with E-state index in [4.69, 9.17) is 0 Å². The molecular formula is C16H17N3O2S. The van der Waals surface area contributed by atoms with Gasteiger partial charge in [0.2, 0.25) is 5.91 Å². The summed E-state index contributed by atoms with van der Waals surface area (Å²) in [5, 5.41) is 5.71. The van der Waals surface area contributed by atoms with Crippen LogP contribution in [0.5, 0.6) is 0 Å². The smallest absolute Gasteiger partial charge is 0.251 e. The number of amides is 2. The number of nitrogens with one attached hydrogen (secondary N) is 2. The van der Waals surface area contributed by atoms with Crippen molar-refractivity contribution >= 4 is 29.3 Å². The van der Waals surface area contributed by atoms with Gasteiger partial charge in [0.25, 0.3) is 5.91 Å². The Kier molecular flexibility index (Phi) is 3.94. The summed E-state index contributed by atoms with van der Waals surface area (Å²) in [7, 11) is 1.97. The minimum atomic E-state index is -0.147. The molecule has 1 aromatic carbocycles. The molecule has 0 spiro atoms. The molecule has 1 aliphatic heterocycles. The van der Waals surface area contributed by atoms with Gasteiger partial charge in [-0.2, -0.15) is 0 Å². The Bertz CT molecular complexity index is 752. The van der Waals surface area contributed by atoms with E-state index >= 15 is 0 Å². The summed E-state index contributed by atoms with van der Waals surface area (Å²) in [6.07, 6.45) is 0. The van der Waals surface area contributed by atoms with Crippen molar-refractivity contribution in [3.05, 3.63) is 47.3 Å². The molecule has 6 heteroatoms. The molecule has 22 heavy (non-hydrogen) atoms. The molecule has 0 bridgehead atoms. The van der Waals surface area contributed by atoms with Gasteiger partial charge in [0.05, 0.1) is 18.0 Å². The molecule has 0 radical (unpaired) electrons. The van der Waals surface area contributed by atoms with Gasteiger partial charge in [-0.25, -0.2) is 0 Å². The third kappa shape index (κ3) is 2.87. The van der Waals surface area contributed by atoms with Gasteiger partial charge in [-0.05, 0) is 37.3 Å². The van der Waals surface area contributed by atoms with Crippen LogP contribution in [0.15, 0.2) is 35.2 Å². The lowest BCUT2D eigenvalue weighted by atomic mass is 10.2. The molecule has 2 aromatic rings. The van der Waals surface area contributed by atoms with E-state index in [9.17, 15) is 9.59 Å². The standard InChI is InChI=1S/C16H17N3O2S/c1-10-3-5-12(19(10)2)8-17-16(21)11-4-6-14-13(7-11)18-15(20)9-22-14/h3-7H,8-9H2,1-2H3,(H,17,21)(H,18,20). The van der Waals surface area contributed by atoms with Crippen molar-refractivity contribution in [3.63, 3.8) is 0 Å². The van der Waals surface area contributed by atoms with Crippen molar-refractivity contribution in [2.24, 2.45) is 7.05 Å². The number of carbonyl (C=O) groups excluding carboxylic acids is 2. The first-order valence-corrected chi connectivity index (χ1v) is 7.99. The van der Waals surface area contributed by atoms with Crippen LogP contribution in [0.25, 0.3) is 0 Å². The van der Waals surface area contributed by atoms with Crippen LogP contribution in [0.1, 0.15) is 21.7 Å². The number of anilines is 1. The molecule has 0 saturated heterocycles. The molecule has 0 saturated carbocycles. The lowest BCUT2D eigenvalue weighted by Gasteiger charge is -2.17. The fraction of sp³-hybridized carbons (Fsp3) is 0.250. The van der Waals surface area contributed by atoms with Gasteiger partial charge in [-0.15, -0.1) is 11.8 Å². The number of carbonyl (C=O) groups is 2. The number of fused-ring (bicyclic) bond motifs is 1. The Morgan fingerprint density at radius 3 is 2.91 bits per heavy atom. The average molecular weight is 315 g/mol. The van der Waals surface area contributed by atoms with Crippen molar-refractivity contribution in [2.75, 3.05) is 11.1 Å². The summed E-state index contributed by atoms with van der Waals surface area (Å²) >= 11 is 1.49. The van der Waals surface area contributed by atoms with E-state index in [2.05, 4.69) is 10.6 Å². The largest absolute Gasteiger partial charge is 0.350 e. The summed E-state index contributed by atoms with van der Waals surface area (Å²) in [5.41, 5.74) is 3.46. The number of nitrogens with zero attached hydrogens (tertiary/aromatic N) is 1. The van der Waals surface area contributed by atoms with Crippen molar-refractivity contribution in [1.29, 1.82) is 0 Å². The van der Waals surface area contributed by atoms with Crippen LogP contribution >= 0.6 is 11.8 Å². The van der Waals surface area contributed by atoms with E-state index in [1.807, 2.05) is 36.7 Å². The molecule has 0 atom stereocenters. The number of aryl methyl sites for hydroxylation is 1. The molecular weight excluding hydrogens is 298 g/mol. The predicted molar refractivity (Wildman–Crippen MR) is 87.1 cm³/mol. The SMILES string of the molecule is Cc1ccc(CNC(=O)c2ccc3c(c2)NC(=O)CS3)n1C. The van der Waals surface area contributed by atoms with Crippen LogP contribution in [0, 0.1) is 6.92 Å². The maximum absolute atomic E-state index is 12.3. The number of rotatable bonds is 3.